The smallest absolute Gasteiger partial charge is 0.221 e. The third kappa shape index (κ3) is 5.89. The first-order chi connectivity index (χ1) is 13.8. The Morgan fingerprint density at radius 3 is 2.75 bits per heavy atom. The molecule has 0 aliphatic carbocycles. The van der Waals surface area contributed by atoms with Crippen LogP contribution in [0.4, 0.5) is 11.4 Å². The van der Waals surface area contributed by atoms with Crippen LogP contribution in [0.25, 0.3) is 0 Å². The van der Waals surface area contributed by atoms with Crippen molar-refractivity contribution in [2.75, 3.05) is 56.7 Å². The van der Waals surface area contributed by atoms with Gasteiger partial charge in [-0.15, -0.1) is 0 Å². The van der Waals surface area contributed by atoms with Gasteiger partial charge in [0.05, 0.1) is 31.7 Å². The minimum Gasteiger partial charge on any atom is -0.497 e. The Morgan fingerprint density at radius 1 is 1.11 bits per heavy atom. The SMILES string of the molecule is COc1cccc(CCNC(=O)CCNc2ccccc2N2CCOCC2)c1. The number of nitrogens with one attached hydrogen (secondary N) is 2. The molecular formula is C22H29N3O3. The van der Waals surface area contributed by atoms with Crippen LogP contribution in [0.15, 0.2) is 48.5 Å². The number of hydrogen-bond donors (Lipinski definition) is 2. The lowest BCUT2D eigenvalue weighted by atomic mass is 10.1. The molecule has 0 saturated carbocycles. The van der Waals surface area contributed by atoms with E-state index in [0.29, 0.717) is 19.5 Å². The van der Waals surface area contributed by atoms with Crippen molar-refractivity contribution in [3.63, 3.8) is 0 Å². The summed E-state index contributed by atoms with van der Waals surface area (Å²) in [5.41, 5.74) is 3.38. The van der Waals surface area contributed by atoms with Crippen LogP contribution in [0, 0.1) is 0 Å². The number of carbonyl (C=O) groups is 1. The van der Waals surface area contributed by atoms with Gasteiger partial charge in [0.25, 0.3) is 0 Å². The molecular weight excluding hydrogens is 354 g/mol. The van der Waals surface area contributed by atoms with Crippen molar-refractivity contribution in [3.05, 3.63) is 54.1 Å². The lowest BCUT2D eigenvalue weighted by Crippen LogP contribution is -2.36. The molecule has 1 saturated heterocycles. The number of rotatable bonds is 9. The summed E-state index contributed by atoms with van der Waals surface area (Å²) in [5, 5.41) is 6.39. The normalized spacial score (nSPS) is 13.8. The summed E-state index contributed by atoms with van der Waals surface area (Å²) in [6.45, 7) is 4.52. The molecule has 0 aromatic heterocycles. The summed E-state index contributed by atoms with van der Waals surface area (Å²) >= 11 is 0. The number of ether oxygens (including phenoxy) is 2. The zero-order chi connectivity index (χ0) is 19.6. The van der Waals surface area contributed by atoms with Crippen LogP contribution < -0.4 is 20.3 Å². The van der Waals surface area contributed by atoms with Gasteiger partial charge >= 0.3 is 0 Å². The molecule has 1 aliphatic heterocycles. The number of methoxy groups -OCH3 is 1. The quantitative estimate of drug-likeness (QED) is 0.697. The monoisotopic (exact) mass is 383 g/mol. The fourth-order valence-corrected chi connectivity index (χ4v) is 3.28. The van der Waals surface area contributed by atoms with Crippen molar-refractivity contribution in [3.8, 4) is 5.75 Å². The number of carbonyl (C=O) groups excluding carboxylic acids is 1. The lowest BCUT2D eigenvalue weighted by Gasteiger charge is -2.30. The van der Waals surface area contributed by atoms with Crippen LogP contribution in [0.1, 0.15) is 12.0 Å². The van der Waals surface area contributed by atoms with Crippen LogP contribution in [0.3, 0.4) is 0 Å². The van der Waals surface area contributed by atoms with Crippen molar-refractivity contribution < 1.29 is 14.3 Å². The van der Waals surface area contributed by atoms with E-state index in [0.717, 1.165) is 49.7 Å². The van der Waals surface area contributed by atoms with E-state index in [4.69, 9.17) is 9.47 Å². The first-order valence-electron chi connectivity index (χ1n) is 9.81. The van der Waals surface area contributed by atoms with E-state index in [1.807, 2.05) is 36.4 Å². The van der Waals surface area contributed by atoms with Crippen molar-refractivity contribution in [2.24, 2.45) is 0 Å². The molecule has 1 fully saturated rings. The topological polar surface area (TPSA) is 62.8 Å². The van der Waals surface area contributed by atoms with E-state index in [-0.39, 0.29) is 5.91 Å². The Balaban J connectivity index is 1.40. The van der Waals surface area contributed by atoms with Gasteiger partial charge < -0.3 is 25.0 Å². The molecule has 150 valence electrons. The molecule has 0 unspecified atom stereocenters. The van der Waals surface area contributed by atoms with Gasteiger partial charge in [-0.1, -0.05) is 24.3 Å². The maximum Gasteiger partial charge on any atom is 0.221 e. The number of para-hydroxylation sites is 2. The van der Waals surface area contributed by atoms with E-state index >= 15 is 0 Å². The molecule has 1 aliphatic rings. The second-order valence-electron chi connectivity index (χ2n) is 6.74. The fraction of sp³-hybridized carbons (Fsp3) is 0.409. The van der Waals surface area contributed by atoms with E-state index in [9.17, 15) is 4.79 Å². The molecule has 2 aromatic rings. The first kappa shape index (κ1) is 20.0. The molecule has 6 nitrogen and oxygen atoms in total. The number of morpholine rings is 1. The van der Waals surface area contributed by atoms with Gasteiger partial charge in [-0.3, -0.25) is 4.79 Å². The van der Waals surface area contributed by atoms with E-state index in [2.05, 4.69) is 27.7 Å². The number of amides is 1. The van der Waals surface area contributed by atoms with Crippen LogP contribution in [0.2, 0.25) is 0 Å². The van der Waals surface area contributed by atoms with Gasteiger partial charge in [-0.05, 0) is 36.2 Å². The molecule has 0 bridgehead atoms. The number of benzene rings is 2. The summed E-state index contributed by atoms with van der Waals surface area (Å²) in [7, 11) is 1.66. The predicted molar refractivity (Wildman–Crippen MR) is 112 cm³/mol. The molecule has 1 amide bonds. The third-order valence-electron chi connectivity index (χ3n) is 4.79. The predicted octanol–water partition coefficient (Wildman–Crippen LogP) is 2.69. The Kier molecular flexibility index (Phi) is 7.55. The zero-order valence-corrected chi connectivity index (χ0v) is 16.4. The molecule has 0 atom stereocenters. The van der Waals surface area contributed by atoms with Crippen LogP contribution in [-0.4, -0.2) is 52.4 Å². The van der Waals surface area contributed by atoms with Crippen molar-refractivity contribution in [1.82, 2.24) is 5.32 Å². The molecule has 28 heavy (non-hydrogen) atoms. The van der Waals surface area contributed by atoms with Crippen molar-refractivity contribution in [1.29, 1.82) is 0 Å². The van der Waals surface area contributed by atoms with Crippen LogP contribution in [-0.2, 0) is 16.0 Å². The van der Waals surface area contributed by atoms with Gasteiger partial charge in [0.15, 0.2) is 0 Å². The van der Waals surface area contributed by atoms with E-state index < -0.39 is 0 Å². The lowest BCUT2D eigenvalue weighted by molar-refractivity contribution is -0.120. The third-order valence-corrected chi connectivity index (χ3v) is 4.79. The second kappa shape index (κ2) is 10.6. The molecule has 3 rings (SSSR count). The number of nitrogens with zero attached hydrogens (tertiary/aromatic N) is 1. The summed E-state index contributed by atoms with van der Waals surface area (Å²) in [6.07, 6.45) is 1.23. The first-order valence-corrected chi connectivity index (χ1v) is 9.81. The highest BCUT2D eigenvalue weighted by Crippen LogP contribution is 2.26. The second-order valence-corrected chi connectivity index (χ2v) is 6.74. The van der Waals surface area contributed by atoms with Gasteiger partial charge in [-0.25, -0.2) is 0 Å². The molecule has 1 heterocycles. The number of hydrogen-bond acceptors (Lipinski definition) is 5. The highest BCUT2D eigenvalue weighted by atomic mass is 16.5. The summed E-state index contributed by atoms with van der Waals surface area (Å²) in [5.74, 6) is 0.895. The zero-order valence-electron chi connectivity index (χ0n) is 16.4. The van der Waals surface area contributed by atoms with Crippen molar-refractivity contribution in [2.45, 2.75) is 12.8 Å². The van der Waals surface area contributed by atoms with Crippen molar-refractivity contribution >= 4 is 17.3 Å². The average Bonchev–Trinajstić information content (AvgIpc) is 2.75. The van der Waals surface area contributed by atoms with Gasteiger partial charge in [0.1, 0.15) is 5.75 Å². The van der Waals surface area contributed by atoms with E-state index in [1.54, 1.807) is 7.11 Å². The Morgan fingerprint density at radius 2 is 1.93 bits per heavy atom. The molecule has 6 heteroatoms. The fourth-order valence-electron chi connectivity index (χ4n) is 3.28. The Hall–Kier alpha value is -2.73. The summed E-state index contributed by atoms with van der Waals surface area (Å²) in [6, 6.07) is 16.2. The maximum absolute atomic E-state index is 12.1. The molecule has 0 radical (unpaired) electrons. The highest BCUT2D eigenvalue weighted by molar-refractivity contribution is 5.77. The van der Waals surface area contributed by atoms with Gasteiger partial charge in [-0.2, -0.15) is 0 Å². The Bertz CT molecular complexity index is 760. The van der Waals surface area contributed by atoms with Crippen LogP contribution in [0.5, 0.6) is 5.75 Å². The minimum atomic E-state index is 0.0549. The van der Waals surface area contributed by atoms with Gasteiger partial charge in [0, 0.05) is 32.6 Å². The Labute approximate surface area is 166 Å². The van der Waals surface area contributed by atoms with Gasteiger partial charge in [0.2, 0.25) is 5.91 Å². The largest absolute Gasteiger partial charge is 0.497 e. The highest BCUT2D eigenvalue weighted by Gasteiger charge is 2.14. The summed E-state index contributed by atoms with van der Waals surface area (Å²) < 4.78 is 10.7. The summed E-state index contributed by atoms with van der Waals surface area (Å²) in [4.78, 5) is 14.4. The average molecular weight is 383 g/mol. The molecule has 0 spiro atoms. The van der Waals surface area contributed by atoms with E-state index in [1.165, 1.54) is 5.69 Å². The molecule has 2 aromatic carbocycles. The molecule has 2 N–H and O–H groups in total. The maximum atomic E-state index is 12.1. The van der Waals surface area contributed by atoms with Crippen LogP contribution >= 0.6 is 0 Å². The minimum absolute atomic E-state index is 0.0549. The number of anilines is 2. The standard InChI is InChI=1S/C22H29N3O3/c1-27-19-6-4-5-18(17-19)9-11-24-22(26)10-12-23-20-7-2-3-8-21(20)25-13-15-28-16-14-25/h2-8,17,23H,9-16H2,1H3,(H,24,26).